The van der Waals surface area contributed by atoms with Crippen LogP contribution in [0, 0.1) is 17.8 Å². The van der Waals surface area contributed by atoms with Crippen molar-refractivity contribution >= 4 is 5.91 Å². The molecule has 1 rings (SSSR count). The summed E-state index contributed by atoms with van der Waals surface area (Å²) in [4.78, 5) is 11.8. The fourth-order valence-electron chi connectivity index (χ4n) is 2.45. The Morgan fingerprint density at radius 1 is 1.50 bits per heavy atom. The Labute approximate surface area is 99.2 Å². The highest BCUT2D eigenvalue weighted by Crippen LogP contribution is 2.31. The van der Waals surface area contributed by atoms with Gasteiger partial charge in [-0.15, -0.1) is 0 Å². The Morgan fingerprint density at radius 3 is 2.81 bits per heavy atom. The maximum atomic E-state index is 11.8. The van der Waals surface area contributed by atoms with Crippen LogP contribution in [0.2, 0.25) is 0 Å². The van der Waals surface area contributed by atoms with Crippen LogP contribution in [-0.2, 0) is 4.79 Å². The third-order valence-electron chi connectivity index (χ3n) is 3.77. The predicted molar refractivity (Wildman–Crippen MR) is 67.0 cm³/mol. The van der Waals surface area contributed by atoms with Gasteiger partial charge in [-0.05, 0) is 44.1 Å². The van der Waals surface area contributed by atoms with E-state index in [2.05, 4.69) is 19.2 Å². The molecule has 0 bridgehead atoms. The number of nitrogens with one attached hydrogen (secondary N) is 1. The van der Waals surface area contributed by atoms with E-state index >= 15 is 0 Å². The van der Waals surface area contributed by atoms with Gasteiger partial charge >= 0.3 is 0 Å². The van der Waals surface area contributed by atoms with Crippen molar-refractivity contribution in [2.75, 3.05) is 13.1 Å². The molecule has 3 atom stereocenters. The zero-order chi connectivity index (χ0) is 12.0. The summed E-state index contributed by atoms with van der Waals surface area (Å²) in [6.45, 7) is 5.90. The molecule has 3 heteroatoms. The van der Waals surface area contributed by atoms with Crippen LogP contribution in [0.1, 0.15) is 46.0 Å². The molecule has 0 aromatic rings. The van der Waals surface area contributed by atoms with Gasteiger partial charge in [-0.3, -0.25) is 4.79 Å². The average Bonchev–Trinajstić information content (AvgIpc) is 2.70. The molecular formula is C13H26N2O. The van der Waals surface area contributed by atoms with Gasteiger partial charge in [-0.1, -0.05) is 20.3 Å². The number of nitrogens with two attached hydrogens (primary N) is 1. The average molecular weight is 226 g/mol. The second-order valence-electron chi connectivity index (χ2n) is 5.29. The maximum absolute atomic E-state index is 11.8. The first-order valence-electron chi connectivity index (χ1n) is 6.63. The van der Waals surface area contributed by atoms with Crippen LogP contribution in [0.4, 0.5) is 0 Å². The first-order valence-corrected chi connectivity index (χ1v) is 6.63. The van der Waals surface area contributed by atoms with Crippen molar-refractivity contribution in [3.8, 4) is 0 Å². The number of amides is 1. The standard InChI is InChI=1S/C13H26N2O/c1-10(9-14)5-4-8-15-13(16)12-7-3-6-11(12)2/h10-12H,3-9,14H2,1-2H3,(H,15,16). The van der Waals surface area contributed by atoms with Gasteiger partial charge in [0.2, 0.25) is 5.91 Å². The minimum Gasteiger partial charge on any atom is -0.356 e. The summed E-state index contributed by atoms with van der Waals surface area (Å²) >= 11 is 0. The Kier molecular flexibility index (Phi) is 5.81. The van der Waals surface area contributed by atoms with Crippen LogP contribution in [0.15, 0.2) is 0 Å². The molecule has 0 saturated heterocycles. The summed E-state index contributed by atoms with van der Waals surface area (Å²) in [6.07, 6.45) is 5.65. The molecular weight excluding hydrogens is 200 g/mol. The smallest absolute Gasteiger partial charge is 0.223 e. The molecule has 0 spiro atoms. The monoisotopic (exact) mass is 226 g/mol. The van der Waals surface area contributed by atoms with Crippen LogP contribution in [0.5, 0.6) is 0 Å². The topological polar surface area (TPSA) is 55.1 Å². The van der Waals surface area contributed by atoms with Crippen LogP contribution in [0.3, 0.4) is 0 Å². The largest absolute Gasteiger partial charge is 0.356 e. The first-order chi connectivity index (χ1) is 7.65. The zero-order valence-electron chi connectivity index (χ0n) is 10.7. The predicted octanol–water partition coefficient (Wildman–Crippen LogP) is 1.91. The molecule has 1 aliphatic rings. The fourth-order valence-corrected chi connectivity index (χ4v) is 2.45. The van der Waals surface area contributed by atoms with Crippen LogP contribution in [0.25, 0.3) is 0 Å². The van der Waals surface area contributed by atoms with Crippen LogP contribution >= 0.6 is 0 Å². The van der Waals surface area contributed by atoms with Crippen molar-refractivity contribution in [3.05, 3.63) is 0 Å². The Hall–Kier alpha value is -0.570. The molecule has 0 aromatic heterocycles. The third kappa shape index (κ3) is 4.12. The summed E-state index contributed by atoms with van der Waals surface area (Å²) < 4.78 is 0. The van der Waals surface area contributed by atoms with E-state index in [1.165, 1.54) is 12.8 Å². The summed E-state index contributed by atoms with van der Waals surface area (Å²) in [5.74, 6) is 1.68. The number of hydrogen-bond acceptors (Lipinski definition) is 2. The summed E-state index contributed by atoms with van der Waals surface area (Å²) in [6, 6.07) is 0. The fraction of sp³-hybridized carbons (Fsp3) is 0.923. The molecule has 16 heavy (non-hydrogen) atoms. The molecule has 1 fully saturated rings. The SMILES string of the molecule is CC(CN)CCCNC(=O)C1CCCC1C. The molecule has 0 aliphatic heterocycles. The van der Waals surface area contributed by atoms with E-state index < -0.39 is 0 Å². The summed E-state index contributed by atoms with van der Waals surface area (Å²) in [7, 11) is 0. The molecule has 1 amide bonds. The molecule has 3 unspecified atom stereocenters. The van der Waals surface area contributed by atoms with E-state index in [-0.39, 0.29) is 11.8 Å². The van der Waals surface area contributed by atoms with Gasteiger partial charge in [-0.2, -0.15) is 0 Å². The number of carbonyl (C=O) groups excluding carboxylic acids is 1. The van der Waals surface area contributed by atoms with Gasteiger partial charge in [0.05, 0.1) is 0 Å². The summed E-state index contributed by atoms with van der Waals surface area (Å²) in [5, 5.41) is 3.05. The van der Waals surface area contributed by atoms with E-state index in [1.54, 1.807) is 0 Å². The van der Waals surface area contributed by atoms with Crippen molar-refractivity contribution in [3.63, 3.8) is 0 Å². The molecule has 3 N–H and O–H groups in total. The van der Waals surface area contributed by atoms with E-state index in [0.717, 1.165) is 32.4 Å². The van der Waals surface area contributed by atoms with Gasteiger partial charge in [0.1, 0.15) is 0 Å². The van der Waals surface area contributed by atoms with Crippen LogP contribution in [-0.4, -0.2) is 19.0 Å². The van der Waals surface area contributed by atoms with Gasteiger partial charge in [0.25, 0.3) is 0 Å². The van der Waals surface area contributed by atoms with E-state index in [1.807, 2.05) is 0 Å². The van der Waals surface area contributed by atoms with Crippen molar-refractivity contribution in [2.24, 2.45) is 23.5 Å². The highest BCUT2D eigenvalue weighted by Gasteiger charge is 2.29. The quantitative estimate of drug-likeness (QED) is 0.680. The highest BCUT2D eigenvalue weighted by atomic mass is 16.1. The lowest BCUT2D eigenvalue weighted by atomic mass is 9.97. The lowest BCUT2D eigenvalue weighted by Gasteiger charge is -2.15. The highest BCUT2D eigenvalue weighted by molar-refractivity contribution is 5.79. The van der Waals surface area contributed by atoms with Crippen molar-refractivity contribution in [2.45, 2.75) is 46.0 Å². The minimum absolute atomic E-state index is 0.269. The van der Waals surface area contributed by atoms with E-state index in [4.69, 9.17) is 5.73 Å². The normalized spacial score (nSPS) is 26.7. The van der Waals surface area contributed by atoms with E-state index in [9.17, 15) is 4.79 Å². The molecule has 0 aromatic carbocycles. The minimum atomic E-state index is 0.269. The van der Waals surface area contributed by atoms with Gasteiger partial charge in [0.15, 0.2) is 0 Å². The number of rotatable bonds is 6. The molecule has 1 aliphatic carbocycles. The summed E-state index contributed by atoms with van der Waals surface area (Å²) in [5.41, 5.74) is 5.54. The van der Waals surface area contributed by atoms with Gasteiger partial charge in [0, 0.05) is 12.5 Å². The molecule has 1 saturated carbocycles. The Bertz CT molecular complexity index is 218. The molecule has 3 nitrogen and oxygen atoms in total. The second kappa shape index (κ2) is 6.89. The maximum Gasteiger partial charge on any atom is 0.223 e. The number of carbonyl (C=O) groups is 1. The lowest BCUT2D eigenvalue weighted by Crippen LogP contribution is -2.32. The third-order valence-corrected chi connectivity index (χ3v) is 3.77. The van der Waals surface area contributed by atoms with Gasteiger partial charge in [-0.25, -0.2) is 0 Å². The Balaban J connectivity index is 2.10. The van der Waals surface area contributed by atoms with E-state index in [0.29, 0.717) is 11.8 Å². The second-order valence-corrected chi connectivity index (χ2v) is 5.29. The van der Waals surface area contributed by atoms with Gasteiger partial charge < -0.3 is 11.1 Å². The first kappa shape index (κ1) is 13.5. The molecule has 0 heterocycles. The van der Waals surface area contributed by atoms with Crippen molar-refractivity contribution < 1.29 is 4.79 Å². The molecule has 94 valence electrons. The molecule has 0 radical (unpaired) electrons. The Morgan fingerprint density at radius 2 is 2.25 bits per heavy atom. The lowest BCUT2D eigenvalue weighted by molar-refractivity contribution is -0.125. The van der Waals surface area contributed by atoms with Crippen molar-refractivity contribution in [1.29, 1.82) is 0 Å². The zero-order valence-corrected chi connectivity index (χ0v) is 10.7. The van der Waals surface area contributed by atoms with Crippen LogP contribution < -0.4 is 11.1 Å². The number of hydrogen-bond donors (Lipinski definition) is 2. The van der Waals surface area contributed by atoms with Crippen molar-refractivity contribution in [1.82, 2.24) is 5.32 Å².